The van der Waals surface area contributed by atoms with Crippen molar-refractivity contribution in [1.82, 2.24) is 0 Å². The predicted octanol–water partition coefficient (Wildman–Crippen LogP) is 0.760. The zero-order valence-electron chi connectivity index (χ0n) is 13.1. The van der Waals surface area contributed by atoms with Crippen LogP contribution in [0.1, 0.15) is 13.8 Å². The van der Waals surface area contributed by atoms with E-state index in [1.54, 1.807) is 13.8 Å². The number of hydrogen-bond donors (Lipinski definition) is 0. The van der Waals surface area contributed by atoms with Gasteiger partial charge in [-0.2, -0.15) is 0 Å². The average molecular weight is 288 g/mol. The first-order valence-corrected chi connectivity index (χ1v) is 6.63. The van der Waals surface area contributed by atoms with Gasteiger partial charge in [0.25, 0.3) is 0 Å². The van der Waals surface area contributed by atoms with Crippen molar-refractivity contribution < 1.29 is 28.3 Å². The van der Waals surface area contributed by atoms with Crippen LogP contribution in [0.5, 0.6) is 0 Å². The van der Waals surface area contributed by atoms with Crippen LogP contribution >= 0.6 is 0 Å². The molecular weight excluding hydrogens is 262 g/mol. The van der Waals surface area contributed by atoms with Crippen molar-refractivity contribution in [3.8, 4) is 0 Å². The van der Waals surface area contributed by atoms with Gasteiger partial charge < -0.3 is 18.7 Å². The number of hydrogen-bond acceptors (Lipinski definition) is 5. The van der Waals surface area contributed by atoms with Gasteiger partial charge in [-0.1, -0.05) is 6.08 Å². The highest BCUT2D eigenvalue weighted by molar-refractivity contribution is 6.04. The number of esters is 2. The molecule has 116 valence electrons. The van der Waals surface area contributed by atoms with Gasteiger partial charge in [0.1, 0.15) is 6.54 Å². The molecule has 0 unspecified atom stereocenters. The molecule has 0 aliphatic rings. The highest BCUT2D eigenvalue weighted by Crippen LogP contribution is 2.20. The molecule has 0 amide bonds. The Labute approximate surface area is 120 Å². The second-order valence-electron chi connectivity index (χ2n) is 5.32. The van der Waals surface area contributed by atoms with Crippen LogP contribution < -0.4 is 0 Å². The summed E-state index contributed by atoms with van der Waals surface area (Å²) in [4.78, 5) is 24.5. The summed E-state index contributed by atoms with van der Waals surface area (Å²) in [5.74, 6) is -1.46. The average Bonchev–Trinajstić information content (AvgIpc) is 2.33. The lowest BCUT2D eigenvalue weighted by Gasteiger charge is -2.35. The quantitative estimate of drug-likeness (QED) is 0.271. The van der Waals surface area contributed by atoms with Gasteiger partial charge >= 0.3 is 17.5 Å². The van der Waals surface area contributed by atoms with Crippen molar-refractivity contribution in [3.05, 3.63) is 12.7 Å². The van der Waals surface area contributed by atoms with Crippen LogP contribution in [-0.2, 0) is 23.8 Å². The Morgan fingerprint density at radius 3 is 1.85 bits per heavy atom. The van der Waals surface area contributed by atoms with Crippen LogP contribution in [0.15, 0.2) is 12.7 Å². The molecule has 0 spiro atoms. The molecule has 6 nitrogen and oxygen atoms in total. The molecule has 0 aromatic carbocycles. The maximum atomic E-state index is 12.3. The first-order chi connectivity index (χ1) is 9.23. The van der Waals surface area contributed by atoms with E-state index in [9.17, 15) is 9.59 Å². The Bertz CT molecular complexity index is 328. The van der Waals surface area contributed by atoms with Gasteiger partial charge in [-0.25, -0.2) is 9.59 Å². The third-order valence-electron chi connectivity index (χ3n) is 2.35. The summed E-state index contributed by atoms with van der Waals surface area (Å²) in [5, 5.41) is 0. The Morgan fingerprint density at radius 1 is 1.10 bits per heavy atom. The fraction of sp³-hybridized carbons (Fsp3) is 0.714. The number of ether oxygens (including phenoxy) is 3. The van der Waals surface area contributed by atoms with Crippen molar-refractivity contribution in [2.75, 3.05) is 47.5 Å². The van der Waals surface area contributed by atoms with E-state index < -0.39 is 17.5 Å². The van der Waals surface area contributed by atoms with Gasteiger partial charge in [0.15, 0.2) is 0 Å². The van der Waals surface area contributed by atoms with E-state index in [4.69, 9.17) is 14.2 Å². The van der Waals surface area contributed by atoms with Gasteiger partial charge in [0, 0.05) is 0 Å². The maximum absolute atomic E-state index is 12.3. The van der Waals surface area contributed by atoms with Gasteiger partial charge in [0.2, 0.25) is 0 Å². The largest absolute Gasteiger partial charge is 0.463 e. The predicted molar refractivity (Wildman–Crippen MR) is 75.0 cm³/mol. The van der Waals surface area contributed by atoms with E-state index in [1.165, 1.54) is 6.08 Å². The fourth-order valence-electron chi connectivity index (χ4n) is 1.74. The third-order valence-corrected chi connectivity index (χ3v) is 2.35. The molecule has 0 aromatic rings. The highest BCUT2D eigenvalue weighted by Gasteiger charge is 2.54. The Balaban J connectivity index is 5.54. The molecule has 0 saturated heterocycles. The van der Waals surface area contributed by atoms with Gasteiger partial charge in [-0.3, -0.25) is 0 Å². The SMILES string of the molecule is C=CCOC(C[N+](C)(C)C)(C(=O)OCC)C(=O)OCC. The first-order valence-electron chi connectivity index (χ1n) is 6.63. The molecule has 0 aliphatic heterocycles. The highest BCUT2D eigenvalue weighted by atomic mass is 16.6. The summed E-state index contributed by atoms with van der Waals surface area (Å²) >= 11 is 0. The van der Waals surface area contributed by atoms with Gasteiger partial charge in [-0.15, -0.1) is 6.58 Å². The molecule has 6 heteroatoms. The van der Waals surface area contributed by atoms with Crippen molar-refractivity contribution in [2.24, 2.45) is 0 Å². The zero-order chi connectivity index (χ0) is 15.8. The second kappa shape index (κ2) is 8.01. The van der Waals surface area contributed by atoms with Gasteiger partial charge in [0.05, 0.1) is 41.0 Å². The lowest BCUT2D eigenvalue weighted by atomic mass is 10.0. The molecule has 0 N–H and O–H groups in total. The van der Waals surface area contributed by atoms with Crippen LogP contribution in [0.3, 0.4) is 0 Å². The summed E-state index contributed by atoms with van der Waals surface area (Å²) in [7, 11) is 5.55. The summed E-state index contributed by atoms with van der Waals surface area (Å²) in [6, 6.07) is 0. The number of likely N-dealkylation sites (N-methyl/N-ethyl adjacent to an activating group) is 1. The molecule has 0 rings (SSSR count). The molecule has 20 heavy (non-hydrogen) atoms. The minimum atomic E-state index is -1.77. The van der Waals surface area contributed by atoms with E-state index in [2.05, 4.69) is 6.58 Å². The van der Waals surface area contributed by atoms with Crippen molar-refractivity contribution in [2.45, 2.75) is 19.4 Å². The molecular formula is C14H26NO5+. The maximum Gasteiger partial charge on any atom is 0.356 e. The molecule has 0 aliphatic carbocycles. The Hall–Kier alpha value is -1.40. The monoisotopic (exact) mass is 288 g/mol. The van der Waals surface area contributed by atoms with Crippen molar-refractivity contribution >= 4 is 11.9 Å². The third kappa shape index (κ3) is 5.30. The minimum Gasteiger partial charge on any atom is -0.463 e. The van der Waals surface area contributed by atoms with Crippen LogP contribution in [0.25, 0.3) is 0 Å². The lowest BCUT2D eigenvalue weighted by Crippen LogP contribution is -2.61. The van der Waals surface area contributed by atoms with Crippen molar-refractivity contribution in [3.63, 3.8) is 0 Å². The fourth-order valence-corrected chi connectivity index (χ4v) is 1.74. The van der Waals surface area contributed by atoms with E-state index in [-0.39, 0.29) is 26.4 Å². The summed E-state index contributed by atoms with van der Waals surface area (Å²) in [6.07, 6.45) is 1.48. The molecule has 0 fully saturated rings. The first kappa shape index (κ1) is 18.6. The molecule has 0 aromatic heterocycles. The molecule has 0 bridgehead atoms. The minimum absolute atomic E-state index is 0.0532. The molecule has 0 radical (unpaired) electrons. The summed E-state index contributed by atoms with van der Waals surface area (Å²) in [6.45, 7) is 7.37. The number of quaternary nitrogens is 1. The Morgan fingerprint density at radius 2 is 1.55 bits per heavy atom. The molecule has 0 heterocycles. The van der Waals surface area contributed by atoms with Gasteiger partial charge in [-0.05, 0) is 13.8 Å². The van der Waals surface area contributed by atoms with E-state index in [1.807, 2.05) is 21.1 Å². The lowest BCUT2D eigenvalue weighted by molar-refractivity contribution is -0.874. The topological polar surface area (TPSA) is 61.8 Å². The van der Waals surface area contributed by atoms with Crippen LogP contribution in [0, 0.1) is 0 Å². The van der Waals surface area contributed by atoms with Crippen molar-refractivity contribution in [1.29, 1.82) is 0 Å². The number of carbonyl (C=O) groups excluding carboxylic acids is 2. The van der Waals surface area contributed by atoms with Crippen LogP contribution in [-0.4, -0.2) is 69.5 Å². The smallest absolute Gasteiger partial charge is 0.356 e. The normalized spacial score (nSPS) is 11.8. The van der Waals surface area contributed by atoms with E-state index >= 15 is 0 Å². The number of carbonyl (C=O) groups is 2. The Kier molecular flexibility index (Phi) is 7.45. The molecule has 0 atom stereocenters. The summed E-state index contributed by atoms with van der Waals surface area (Å²) in [5.41, 5.74) is -1.77. The zero-order valence-corrected chi connectivity index (χ0v) is 13.1. The summed E-state index contributed by atoms with van der Waals surface area (Å²) < 4.78 is 15.9. The van der Waals surface area contributed by atoms with E-state index in [0.29, 0.717) is 4.48 Å². The number of rotatable bonds is 9. The van der Waals surface area contributed by atoms with Crippen LogP contribution in [0.2, 0.25) is 0 Å². The standard InChI is InChI=1S/C14H26NO5/c1-7-10-20-14(11-15(4,5)6,12(16)18-8-2)13(17)19-9-3/h7H,1,8-11H2,2-6H3/q+1. The number of nitrogens with zero attached hydrogens (tertiary/aromatic N) is 1. The van der Waals surface area contributed by atoms with Crippen LogP contribution in [0.4, 0.5) is 0 Å². The second-order valence-corrected chi connectivity index (χ2v) is 5.32. The van der Waals surface area contributed by atoms with E-state index in [0.717, 1.165) is 0 Å². The molecule has 0 saturated carbocycles.